The minimum atomic E-state index is 0.179. The summed E-state index contributed by atoms with van der Waals surface area (Å²) in [4.78, 5) is 12.6. The standard InChI is InChI=1S/C10H13NO2/c1-10(2)5-6-11(10)9-4-3-8(7-12)13-9/h3-4,7H,5-6H2,1-2H3. The molecular weight excluding hydrogens is 166 g/mol. The second kappa shape index (κ2) is 2.62. The Morgan fingerprint density at radius 2 is 2.31 bits per heavy atom. The highest BCUT2D eigenvalue weighted by atomic mass is 16.4. The summed E-state index contributed by atoms with van der Waals surface area (Å²) in [5.41, 5.74) is 0.179. The predicted molar refractivity (Wildman–Crippen MR) is 50.1 cm³/mol. The molecular formula is C10H13NO2. The minimum Gasteiger partial charge on any atom is -0.438 e. The molecule has 0 unspecified atom stereocenters. The Morgan fingerprint density at radius 1 is 1.54 bits per heavy atom. The van der Waals surface area contributed by atoms with Crippen molar-refractivity contribution in [1.29, 1.82) is 0 Å². The molecule has 3 nitrogen and oxygen atoms in total. The van der Waals surface area contributed by atoms with Gasteiger partial charge in [0.1, 0.15) is 0 Å². The highest BCUT2D eigenvalue weighted by molar-refractivity contribution is 5.71. The van der Waals surface area contributed by atoms with Crippen LogP contribution in [0.15, 0.2) is 16.5 Å². The van der Waals surface area contributed by atoms with Crippen molar-refractivity contribution in [3.8, 4) is 0 Å². The summed E-state index contributed by atoms with van der Waals surface area (Å²) < 4.78 is 5.33. The van der Waals surface area contributed by atoms with E-state index in [0.29, 0.717) is 5.76 Å². The van der Waals surface area contributed by atoms with E-state index in [9.17, 15) is 4.79 Å². The number of nitrogens with zero attached hydrogens (tertiary/aromatic N) is 1. The van der Waals surface area contributed by atoms with E-state index in [1.54, 1.807) is 6.07 Å². The first kappa shape index (κ1) is 8.35. The molecule has 70 valence electrons. The smallest absolute Gasteiger partial charge is 0.196 e. The largest absolute Gasteiger partial charge is 0.438 e. The second-order valence-corrected chi connectivity index (χ2v) is 4.01. The van der Waals surface area contributed by atoms with E-state index in [0.717, 1.165) is 18.7 Å². The molecule has 0 radical (unpaired) electrons. The number of furan rings is 1. The van der Waals surface area contributed by atoms with E-state index in [2.05, 4.69) is 18.7 Å². The number of carbonyl (C=O) groups excluding carboxylic acids is 1. The van der Waals surface area contributed by atoms with Crippen LogP contribution in [0.4, 0.5) is 5.88 Å². The Hall–Kier alpha value is -1.25. The maximum atomic E-state index is 10.4. The Balaban J connectivity index is 2.21. The molecule has 1 fully saturated rings. The zero-order valence-electron chi connectivity index (χ0n) is 7.91. The molecule has 0 saturated carbocycles. The van der Waals surface area contributed by atoms with Gasteiger partial charge in [0.05, 0.1) is 0 Å². The van der Waals surface area contributed by atoms with E-state index >= 15 is 0 Å². The molecule has 0 aromatic carbocycles. The number of hydrogen-bond donors (Lipinski definition) is 0. The molecule has 0 spiro atoms. The average molecular weight is 179 g/mol. The van der Waals surface area contributed by atoms with Gasteiger partial charge in [0, 0.05) is 18.2 Å². The molecule has 0 atom stereocenters. The third-order valence-electron chi connectivity index (χ3n) is 2.67. The lowest BCUT2D eigenvalue weighted by atomic mass is 9.89. The lowest BCUT2D eigenvalue weighted by molar-refractivity contribution is 0.110. The van der Waals surface area contributed by atoms with Crippen LogP contribution in [0, 0.1) is 0 Å². The van der Waals surface area contributed by atoms with E-state index in [1.165, 1.54) is 6.42 Å². The van der Waals surface area contributed by atoms with Gasteiger partial charge in [-0.3, -0.25) is 4.79 Å². The van der Waals surface area contributed by atoms with Crippen LogP contribution in [0.5, 0.6) is 0 Å². The molecule has 0 N–H and O–H groups in total. The summed E-state index contributed by atoms with van der Waals surface area (Å²) in [6.45, 7) is 5.35. The molecule has 1 aliphatic heterocycles. The van der Waals surface area contributed by atoms with Crippen molar-refractivity contribution in [2.45, 2.75) is 25.8 Å². The first-order valence-corrected chi connectivity index (χ1v) is 4.46. The van der Waals surface area contributed by atoms with Crippen molar-refractivity contribution in [2.75, 3.05) is 11.4 Å². The Morgan fingerprint density at radius 3 is 2.69 bits per heavy atom. The monoisotopic (exact) mass is 179 g/mol. The van der Waals surface area contributed by atoms with Gasteiger partial charge >= 0.3 is 0 Å². The Labute approximate surface area is 77.3 Å². The van der Waals surface area contributed by atoms with Crippen molar-refractivity contribution in [3.05, 3.63) is 17.9 Å². The molecule has 1 aliphatic rings. The van der Waals surface area contributed by atoms with Gasteiger partial charge in [-0.2, -0.15) is 0 Å². The van der Waals surface area contributed by atoms with Gasteiger partial charge in [0.2, 0.25) is 0 Å². The van der Waals surface area contributed by atoms with Crippen LogP contribution in [-0.4, -0.2) is 18.4 Å². The summed E-state index contributed by atoms with van der Waals surface area (Å²) in [5, 5.41) is 0. The first-order chi connectivity index (χ1) is 6.13. The zero-order chi connectivity index (χ0) is 9.47. The van der Waals surface area contributed by atoms with Crippen molar-refractivity contribution in [1.82, 2.24) is 0 Å². The second-order valence-electron chi connectivity index (χ2n) is 4.01. The van der Waals surface area contributed by atoms with Crippen molar-refractivity contribution < 1.29 is 9.21 Å². The van der Waals surface area contributed by atoms with Gasteiger partial charge in [-0.15, -0.1) is 0 Å². The van der Waals surface area contributed by atoms with Crippen LogP contribution in [0.3, 0.4) is 0 Å². The molecule has 2 rings (SSSR count). The Bertz CT molecular complexity index is 327. The van der Waals surface area contributed by atoms with Gasteiger partial charge in [0.15, 0.2) is 17.9 Å². The van der Waals surface area contributed by atoms with Crippen LogP contribution in [0.2, 0.25) is 0 Å². The van der Waals surface area contributed by atoms with Gasteiger partial charge < -0.3 is 9.32 Å². The predicted octanol–water partition coefficient (Wildman–Crippen LogP) is 2.08. The molecule has 0 bridgehead atoms. The Kier molecular flexibility index (Phi) is 1.68. The molecule has 1 aromatic heterocycles. The zero-order valence-corrected chi connectivity index (χ0v) is 7.91. The number of carbonyl (C=O) groups is 1. The van der Waals surface area contributed by atoms with Crippen LogP contribution < -0.4 is 4.90 Å². The maximum Gasteiger partial charge on any atom is 0.196 e. The molecule has 1 saturated heterocycles. The molecule has 2 heterocycles. The van der Waals surface area contributed by atoms with E-state index < -0.39 is 0 Å². The van der Waals surface area contributed by atoms with E-state index in [4.69, 9.17) is 4.42 Å². The first-order valence-electron chi connectivity index (χ1n) is 4.46. The van der Waals surface area contributed by atoms with E-state index in [1.807, 2.05) is 6.07 Å². The average Bonchev–Trinajstić information content (AvgIpc) is 2.51. The van der Waals surface area contributed by atoms with Crippen LogP contribution in [0.1, 0.15) is 30.8 Å². The van der Waals surface area contributed by atoms with Crippen molar-refractivity contribution in [3.63, 3.8) is 0 Å². The summed E-state index contributed by atoms with van der Waals surface area (Å²) in [7, 11) is 0. The van der Waals surface area contributed by atoms with Crippen LogP contribution in [0.25, 0.3) is 0 Å². The normalized spacial score (nSPS) is 19.7. The minimum absolute atomic E-state index is 0.179. The van der Waals surface area contributed by atoms with Crippen molar-refractivity contribution in [2.24, 2.45) is 0 Å². The van der Waals surface area contributed by atoms with Gasteiger partial charge in [0.25, 0.3) is 0 Å². The summed E-state index contributed by atoms with van der Waals surface area (Å²) in [6.07, 6.45) is 1.90. The lowest BCUT2D eigenvalue weighted by Crippen LogP contribution is -2.55. The summed E-state index contributed by atoms with van der Waals surface area (Å²) in [5.74, 6) is 1.20. The van der Waals surface area contributed by atoms with Gasteiger partial charge in [-0.25, -0.2) is 0 Å². The molecule has 3 heteroatoms. The molecule has 1 aromatic rings. The topological polar surface area (TPSA) is 33.5 Å². The number of rotatable bonds is 2. The van der Waals surface area contributed by atoms with E-state index in [-0.39, 0.29) is 5.54 Å². The summed E-state index contributed by atoms with van der Waals surface area (Å²) in [6, 6.07) is 3.56. The maximum absolute atomic E-state index is 10.4. The highest BCUT2D eigenvalue weighted by Gasteiger charge is 2.37. The van der Waals surface area contributed by atoms with Crippen LogP contribution >= 0.6 is 0 Å². The molecule has 0 amide bonds. The molecule has 13 heavy (non-hydrogen) atoms. The third-order valence-corrected chi connectivity index (χ3v) is 2.67. The van der Waals surface area contributed by atoms with Gasteiger partial charge in [-0.05, 0) is 26.3 Å². The SMILES string of the molecule is CC1(C)CCN1c1ccc(C=O)o1. The highest BCUT2D eigenvalue weighted by Crippen LogP contribution is 2.35. The third kappa shape index (κ3) is 1.24. The van der Waals surface area contributed by atoms with Gasteiger partial charge in [-0.1, -0.05) is 0 Å². The fourth-order valence-electron chi connectivity index (χ4n) is 1.63. The van der Waals surface area contributed by atoms with Crippen molar-refractivity contribution >= 4 is 12.2 Å². The number of hydrogen-bond acceptors (Lipinski definition) is 3. The fraction of sp³-hybridized carbons (Fsp3) is 0.500. The number of anilines is 1. The quantitative estimate of drug-likeness (QED) is 0.652. The molecule has 0 aliphatic carbocycles. The number of aldehydes is 1. The van der Waals surface area contributed by atoms with Crippen LogP contribution in [-0.2, 0) is 0 Å². The fourth-order valence-corrected chi connectivity index (χ4v) is 1.63. The lowest BCUT2D eigenvalue weighted by Gasteiger charge is -2.48. The summed E-state index contributed by atoms with van der Waals surface area (Å²) >= 11 is 0.